The Hall–Kier alpha value is -3.69. The van der Waals surface area contributed by atoms with Crippen molar-refractivity contribution in [3.8, 4) is 16.9 Å². The number of ether oxygens (including phenoxy) is 1. The summed E-state index contributed by atoms with van der Waals surface area (Å²) >= 11 is 0. The number of rotatable bonds is 5. The molecule has 1 aliphatic rings. The van der Waals surface area contributed by atoms with E-state index in [4.69, 9.17) is 0 Å². The van der Waals surface area contributed by atoms with E-state index in [2.05, 4.69) is 26.9 Å². The molecule has 0 unspecified atom stereocenters. The number of carbonyl (C=O) groups is 1. The Morgan fingerprint density at radius 3 is 2.55 bits per heavy atom. The Kier molecular flexibility index (Phi) is 6.17. The maximum Gasteiger partial charge on any atom is 0.573 e. The summed E-state index contributed by atoms with van der Waals surface area (Å²) < 4.78 is 55.3. The Morgan fingerprint density at radius 2 is 1.91 bits per heavy atom. The van der Waals surface area contributed by atoms with Gasteiger partial charge in [0.1, 0.15) is 11.6 Å². The molecule has 2 aromatic heterocycles. The molecule has 0 aliphatic carbocycles. The van der Waals surface area contributed by atoms with Gasteiger partial charge in [-0.2, -0.15) is 4.39 Å². The number of amides is 1. The van der Waals surface area contributed by atoms with Crippen LogP contribution < -0.4 is 15.0 Å². The van der Waals surface area contributed by atoms with Crippen LogP contribution in [-0.2, 0) is 0 Å². The lowest BCUT2D eigenvalue weighted by molar-refractivity contribution is -0.274. The smallest absolute Gasteiger partial charge is 0.406 e. The summed E-state index contributed by atoms with van der Waals surface area (Å²) in [6.45, 7) is 3.65. The van der Waals surface area contributed by atoms with Crippen LogP contribution in [0.4, 0.5) is 29.1 Å². The van der Waals surface area contributed by atoms with Crippen molar-refractivity contribution >= 4 is 17.4 Å². The summed E-state index contributed by atoms with van der Waals surface area (Å²) in [4.78, 5) is 23.0. The molecule has 0 saturated carbocycles. The van der Waals surface area contributed by atoms with Crippen LogP contribution in [0, 0.1) is 11.9 Å². The molecule has 0 spiro atoms. The fourth-order valence-electron chi connectivity index (χ4n) is 3.69. The summed E-state index contributed by atoms with van der Waals surface area (Å²) in [5, 5.41) is 2.60. The van der Waals surface area contributed by atoms with E-state index in [1.807, 2.05) is 4.90 Å². The van der Waals surface area contributed by atoms with Gasteiger partial charge >= 0.3 is 6.36 Å². The molecule has 3 aromatic rings. The second kappa shape index (κ2) is 9.05. The van der Waals surface area contributed by atoms with Crippen molar-refractivity contribution in [1.29, 1.82) is 0 Å². The molecule has 1 amide bonds. The highest BCUT2D eigenvalue weighted by atomic mass is 19.4. The second-order valence-electron chi connectivity index (χ2n) is 7.80. The molecule has 1 saturated heterocycles. The van der Waals surface area contributed by atoms with E-state index in [0.29, 0.717) is 17.3 Å². The third kappa shape index (κ3) is 5.39. The van der Waals surface area contributed by atoms with E-state index in [9.17, 15) is 22.4 Å². The highest BCUT2D eigenvalue weighted by molar-refractivity contribution is 6.05. The normalized spacial score (nSPS) is 16.0. The molecule has 0 radical (unpaired) electrons. The quantitative estimate of drug-likeness (QED) is 0.415. The van der Waals surface area contributed by atoms with Gasteiger partial charge in [0.2, 0.25) is 5.95 Å². The first kappa shape index (κ1) is 22.5. The van der Waals surface area contributed by atoms with Gasteiger partial charge < -0.3 is 15.0 Å². The van der Waals surface area contributed by atoms with E-state index in [-0.39, 0.29) is 16.8 Å². The molecule has 10 heteroatoms. The number of nitrogens with zero attached hydrogens (tertiary/aromatic N) is 3. The predicted molar refractivity (Wildman–Crippen MR) is 114 cm³/mol. The number of aromatic nitrogens is 2. The van der Waals surface area contributed by atoms with Crippen LogP contribution in [0.25, 0.3) is 11.1 Å². The van der Waals surface area contributed by atoms with Crippen molar-refractivity contribution in [1.82, 2.24) is 9.97 Å². The van der Waals surface area contributed by atoms with Gasteiger partial charge in [-0.25, -0.2) is 9.97 Å². The molecule has 0 bridgehead atoms. The Labute approximate surface area is 187 Å². The lowest BCUT2D eigenvalue weighted by atomic mass is 10.0. The highest BCUT2D eigenvalue weighted by Crippen LogP contribution is 2.34. The molecule has 1 fully saturated rings. The summed E-state index contributed by atoms with van der Waals surface area (Å²) in [7, 11) is 0. The third-order valence-corrected chi connectivity index (χ3v) is 5.25. The molecule has 172 valence electrons. The van der Waals surface area contributed by atoms with Crippen molar-refractivity contribution in [3.05, 3.63) is 66.4 Å². The predicted octanol–water partition coefficient (Wildman–Crippen LogP) is 5.28. The van der Waals surface area contributed by atoms with Gasteiger partial charge in [0.25, 0.3) is 5.91 Å². The van der Waals surface area contributed by atoms with Gasteiger partial charge in [-0.1, -0.05) is 6.92 Å². The standard InChI is InChI=1S/C23H20F4N4O2/c1-14-8-10-31(13-14)21-19(18-3-2-9-28-20(18)24)11-15(12-29-21)22(32)30-16-4-6-17(7-5-16)33-23(25,26)27/h2-7,9,11-12,14H,8,10,13H2,1H3,(H,30,32)/t14-/m1/s1. The number of benzene rings is 1. The highest BCUT2D eigenvalue weighted by Gasteiger charge is 2.31. The van der Waals surface area contributed by atoms with Crippen molar-refractivity contribution in [2.75, 3.05) is 23.3 Å². The number of hydrogen-bond donors (Lipinski definition) is 1. The minimum atomic E-state index is -4.80. The lowest BCUT2D eigenvalue weighted by Crippen LogP contribution is -2.22. The van der Waals surface area contributed by atoms with Crippen molar-refractivity contribution in [2.45, 2.75) is 19.7 Å². The van der Waals surface area contributed by atoms with Gasteiger partial charge in [0.05, 0.1) is 5.56 Å². The molecule has 1 aromatic carbocycles. The van der Waals surface area contributed by atoms with E-state index in [1.54, 1.807) is 18.2 Å². The molecule has 3 heterocycles. The molecular weight excluding hydrogens is 440 g/mol. The number of pyridine rings is 2. The van der Waals surface area contributed by atoms with E-state index in [1.165, 1.54) is 24.5 Å². The summed E-state index contributed by atoms with van der Waals surface area (Å²) in [6, 6.07) is 9.48. The topological polar surface area (TPSA) is 67.4 Å². The molecule has 33 heavy (non-hydrogen) atoms. The first-order valence-electron chi connectivity index (χ1n) is 10.2. The molecular formula is C23H20F4N4O2. The summed E-state index contributed by atoms with van der Waals surface area (Å²) in [5.41, 5.74) is 1.10. The Balaban J connectivity index is 1.61. The number of halogens is 4. The molecule has 1 aliphatic heterocycles. The first-order chi connectivity index (χ1) is 15.7. The monoisotopic (exact) mass is 460 g/mol. The summed E-state index contributed by atoms with van der Waals surface area (Å²) in [5.74, 6) is -0.590. The van der Waals surface area contributed by atoms with E-state index >= 15 is 0 Å². The van der Waals surface area contributed by atoms with Crippen LogP contribution >= 0.6 is 0 Å². The van der Waals surface area contributed by atoms with Crippen LogP contribution in [0.3, 0.4) is 0 Å². The van der Waals surface area contributed by atoms with Crippen LogP contribution in [0.15, 0.2) is 54.9 Å². The van der Waals surface area contributed by atoms with Crippen LogP contribution in [0.2, 0.25) is 0 Å². The number of carbonyl (C=O) groups excluding carboxylic acids is 1. The molecule has 4 rings (SSSR count). The molecule has 6 nitrogen and oxygen atoms in total. The fraction of sp³-hybridized carbons (Fsp3) is 0.261. The average molecular weight is 460 g/mol. The van der Waals surface area contributed by atoms with Crippen LogP contribution in [-0.4, -0.2) is 35.3 Å². The van der Waals surface area contributed by atoms with Gasteiger partial charge in [0, 0.05) is 42.3 Å². The minimum Gasteiger partial charge on any atom is -0.406 e. The minimum absolute atomic E-state index is 0.167. The van der Waals surface area contributed by atoms with Gasteiger partial charge in [-0.15, -0.1) is 13.2 Å². The number of anilines is 2. The third-order valence-electron chi connectivity index (χ3n) is 5.25. The largest absolute Gasteiger partial charge is 0.573 e. The van der Waals surface area contributed by atoms with Crippen LogP contribution in [0.5, 0.6) is 5.75 Å². The fourth-order valence-corrected chi connectivity index (χ4v) is 3.69. The van der Waals surface area contributed by atoms with Gasteiger partial charge in [-0.05, 0) is 54.8 Å². The maximum absolute atomic E-state index is 14.5. The van der Waals surface area contributed by atoms with Gasteiger partial charge in [-0.3, -0.25) is 4.79 Å². The number of hydrogen-bond acceptors (Lipinski definition) is 5. The van der Waals surface area contributed by atoms with E-state index in [0.717, 1.165) is 31.6 Å². The van der Waals surface area contributed by atoms with Crippen molar-refractivity contribution in [2.24, 2.45) is 5.92 Å². The average Bonchev–Trinajstić information content (AvgIpc) is 3.20. The first-order valence-corrected chi connectivity index (χ1v) is 10.2. The SMILES string of the molecule is C[C@@H]1CCN(c2ncc(C(=O)Nc3ccc(OC(F)(F)F)cc3)cc2-c2cccnc2F)C1. The van der Waals surface area contributed by atoms with Crippen molar-refractivity contribution < 1.29 is 27.1 Å². The zero-order valence-corrected chi connectivity index (χ0v) is 17.6. The van der Waals surface area contributed by atoms with Crippen LogP contribution in [0.1, 0.15) is 23.7 Å². The lowest BCUT2D eigenvalue weighted by Gasteiger charge is -2.21. The van der Waals surface area contributed by atoms with E-state index < -0.39 is 24.0 Å². The van der Waals surface area contributed by atoms with Crippen molar-refractivity contribution in [3.63, 3.8) is 0 Å². The maximum atomic E-state index is 14.5. The number of alkyl halides is 3. The zero-order chi connectivity index (χ0) is 23.6. The Morgan fingerprint density at radius 1 is 1.15 bits per heavy atom. The summed E-state index contributed by atoms with van der Waals surface area (Å²) in [6.07, 6.45) is -1.09. The Bertz CT molecular complexity index is 1150. The molecule has 1 atom stereocenters. The second-order valence-corrected chi connectivity index (χ2v) is 7.80. The molecule has 1 N–H and O–H groups in total. The number of nitrogens with one attached hydrogen (secondary N) is 1. The van der Waals surface area contributed by atoms with Gasteiger partial charge in [0.15, 0.2) is 0 Å². The zero-order valence-electron chi connectivity index (χ0n) is 17.6.